The lowest BCUT2D eigenvalue weighted by Gasteiger charge is -2.05. The molecule has 0 spiro atoms. The zero-order valence-corrected chi connectivity index (χ0v) is 7.20. The molecule has 1 heterocycles. The zero-order chi connectivity index (χ0) is 10.2. The topological polar surface area (TPSA) is 37.8 Å². The Labute approximate surface area is 72.2 Å². The lowest BCUT2D eigenvalue weighted by atomic mass is 10.3. The van der Waals surface area contributed by atoms with E-state index in [0.29, 0.717) is 15.9 Å². The number of aromatic amines is 1. The normalized spacial score (nSPS) is 12.1. The maximum Gasteiger partial charge on any atom is 0.408 e. The van der Waals surface area contributed by atoms with E-state index < -0.39 is 18.3 Å². The minimum absolute atomic E-state index is 0.323. The van der Waals surface area contributed by atoms with Gasteiger partial charge >= 0.3 is 6.18 Å². The summed E-state index contributed by atoms with van der Waals surface area (Å²) in [6, 6.07) is 0. The molecule has 74 valence electrons. The lowest BCUT2D eigenvalue weighted by molar-refractivity contribution is -0.143. The Balaban J connectivity index is 3.04. The molecule has 0 saturated heterocycles. The highest BCUT2D eigenvalue weighted by molar-refractivity contribution is 5.12. The van der Waals surface area contributed by atoms with Gasteiger partial charge in [0, 0.05) is 11.3 Å². The summed E-state index contributed by atoms with van der Waals surface area (Å²) in [6.07, 6.45) is -4.37. The van der Waals surface area contributed by atoms with Crippen LogP contribution in [0.2, 0.25) is 0 Å². The van der Waals surface area contributed by atoms with Crippen LogP contribution in [0.5, 0.6) is 0 Å². The Kier molecular flexibility index (Phi) is 2.23. The first kappa shape index (κ1) is 9.88. The molecule has 1 aromatic heterocycles. The van der Waals surface area contributed by atoms with Crippen molar-refractivity contribution in [3.63, 3.8) is 0 Å². The smallest absolute Gasteiger partial charge is 0.299 e. The van der Waals surface area contributed by atoms with E-state index in [0.717, 1.165) is 0 Å². The molecule has 3 nitrogen and oxygen atoms in total. The summed E-state index contributed by atoms with van der Waals surface area (Å²) in [4.78, 5) is 11.1. The number of nitrogens with one attached hydrogen (secondary N) is 1. The third kappa shape index (κ3) is 2.13. The van der Waals surface area contributed by atoms with Gasteiger partial charge in [0.2, 0.25) is 0 Å². The van der Waals surface area contributed by atoms with E-state index in [-0.39, 0.29) is 0 Å². The van der Waals surface area contributed by atoms with E-state index in [9.17, 15) is 18.0 Å². The molecule has 0 aliphatic carbocycles. The first-order valence-electron chi connectivity index (χ1n) is 3.64. The van der Waals surface area contributed by atoms with E-state index in [4.69, 9.17) is 0 Å². The summed E-state index contributed by atoms with van der Waals surface area (Å²) < 4.78 is 36.2. The molecule has 0 radical (unpaired) electrons. The number of aromatic nitrogens is 2. The van der Waals surface area contributed by atoms with Crippen molar-refractivity contribution in [2.24, 2.45) is 0 Å². The van der Waals surface area contributed by atoms with Crippen LogP contribution in [0.3, 0.4) is 0 Å². The zero-order valence-electron chi connectivity index (χ0n) is 7.20. The van der Waals surface area contributed by atoms with Gasteiger partial charge in [-0.1, -0.05) is 0 Å². The molecule has 1 aromatic rings. The van der Waals surface area contributed by atoms with E-state index in [1.807, 2.05) is 0 Å². The maximum atomic E-state index is 11.9. The van der Waals surface area contributed by atoms with Crippen molar-refractivity contribution in [1.29, 1.82) is 0 Å². The van der Waals surface area contributed by atoms with Crippen molar-refractivity contribution in [2.45, 2.75) is 26.6 Å². The van der Waals surface area contributed by atoms with E-state index in [2.05, 4.69) is 5.10 Å². The highest BCUT2D eigenvalue weighted by Gasteiger charge is 2.29. The Morgan fingerprint density at radius 1 is 1.38 bits per heavy atom. The van der Waals surface area contributed by atoms with Gasteiger partial charge in [0.15, 0.2) is 0 Å². The van der Waals surface area contributed by atoms with Crippen LogP contribution in [0.25, 0.3) is 0 Å². The molecule has 0 fully saturated rings. The van der Waals surface area contributed by atoms with E-state index in [1.54, 1.807) is 6.92 Å². The number of H-pyrrole nitrogens is 1. The summed E-state index contributed by atoms with van der Waals surface area (Å²) >= 11 is 0. The molecule has 0 aliphatic rings. The van der Waals surface area contributed by atoms with E-state index in [1.165, 1.54) is 6.92 Å². The van der Waals surface area contributed by atoms with Crippen molar-refractivity contribution in [3.8, 4) is 0 Å². The first-order chi connectivity index (χ1) is 5.81. The van der Waals surface area contributed by atoms with Gasteiger partial charge in [-0.3, -0.25) is 9.89 Å². The van der Waals surface area contributed by atoms with Crippen molar-refractivity contribution in [1.82, 2.24) is 9.78 Å². The summed E-state index contributed by atoms with van der Waals surface area (Å²) in [5, 5.41) is 2.35. The van der Waals surface area contributed by atoms with E-state index >= 15 is 0 Å². The van der Waals surface area contributed by atoms with Gasteiger partial charge in [0.1, 0.15) is 6.54 Å². The fourth-order valence-corrected chi connectivity index (χ4v) is 0.991. The van der Waals surface area contributed by atoms with Gasteiger partial charge in [-0.25, -0.2) is 4.68 Å². The SMILES string of the molecule is Cc1[nH]n(CC(F)(F)F)c(=O)c1C. The predicted octanol–water partition coefficient (Wildman–Crippen LogP) is 1.36. The molecule has 13 heavy (non-hydrogen) atoms. The van der Waals surface area contributed by atoms with Crippen LogP contribution in [0.1, 0.15) is 11.3 Å². The average molecular weight is 194 g/mol. The maximum absolute atomic E-state index is 11.9. The third-order valence-electron chi connectivity index (χ3n) is 1.77. The molecule has 0 aromatic carbocycles. The Hall–Kier alpha value is -1.20. The van der Waals surface area contributed by atoms with Crippen LogP contribution in [0.4, 0.5) is 13.2 Å². The van der Waals surface area contributed by atoms with Crippen LogP contribution in [0.15, 0.2) is 4.79 Å². The highest BCUT2D eigenvalue weighted by Crippen LogP contribution is 2.16. The number of aryl methyl sites for hydroxylation is 1. The molecule has 0 bridgehead atoms. The monoisotopic (exact) mass is 194 g/mol. The second-order valence-electron chi connectivity index (χ2n) is 2.87. The van der Waals surface area contributed by atoms with Crippen LogP contribution >= 0.6 is 0 Å². The summed E-state index contributed by atoms with van der Waals surface area (Å²) in [5.41, 5.74) is 0.174. The molecule has 0 saturated carbocycles. The van der Waals surface area contributed by atoms with Gasteiger partial charge in [0.25, 0.3) is 5.56 Å². The molecular formula is C7H9F3N2O. The largest absolute Gasteiger partial charge is 0.408 e. The van der Waals surface area contributed by atoms with Crippen molar-refractivity contribution in [3.05, 3.63) is 21.6 Å². The van der Waals surface area contributed by atoms with Crippen LogP contribution < -0.4 is 5.56 Å². The van der Waals surface area contributed by atoms with Gasteiger partial charge in [-0.15, -0.1) is 0 Å². The quantitative estimate of drug-likeness (QED) is 0.720. The fraction of sp³-hybridized carbons (Fsp3) is 0.571. The molecule has 0 atom stereocenters. The lowest BCUT2D eigenvalue weighted by Crippen LogP contribution is -2.27. The van der Waals surface area contributed by atoms with Gasteiger partial charge < -0.3 is 0 Å². The van der Waals surface area contributed by atoms with Crippen molar-refractivity contribution >= 4 is 0 Å². The molecule has 0 aliphatic heterocycles. The summed E-state index contributed by atoms with van der Waals surface area (Å²) in [5.74, 6) is 0. The molecular weight excluding hydrogens is 185 g/mol. The second-order valence-corrected chi connectivity index (χ2v) is 2.87. The first-order valence-corrected chi connectivity index (χ1v) is 3.64. The number of nitrogens with zero attached hydrogens (tertiary/aromatic N) is 1. The molecule has 0 unspecified atom stereocenters. The predicted molar refractivity (Wildman–Crippen MR) is 40.6 cm³/mol. The number of halogens is 3. The van der Waals surface area contributed by atoms with Gasteiger partial charge in [-0.2, -0.15) is 13.2 Å². The number of alkyl halides is 3. The van der Waals surface area contributed by atoms with Gasteiger partial charge in [-0.05, 0) is 13.8 Å². The Morgan fingerprint density at radius 2 is 1.92 bits per heavy atom. The van der Waals surface area contributed by atoms with Crippen LogP contribution in [-0.4, -0.2) is 16.0 Å². The number of rotatable bonds is 1. The molecule has 1 rings (SSSR count). The number of hydrogen-bond acceptors (Lipinski definition) is 1. The number of hydrogen-bond donors (Lipinski definition) is 1. The molecule has 6 heteroatoms. The second kappa shape index (κ2) is 2.93. The highest BCUT2D eigenvalue weighted by atomic mass is 19.4. The average Bonchev–Trinajstić information content (AvgIpc) is 2.15. The summed E-state index contributed by atoms with van der Waals surface area (Å²) in [7, 11) is 0. The Bertz CT molecular complexity index is 361. The van der Waals surface area contributed by atoms with Crippen LogP contribution in [0, 0.1) is 13.8 Å². The molecule has 0 amide bonds. The standard InChI is InChI=1S/C7H9F3N2O/c1-4-5(2)11-12(6(4)13)3-7(8,9)10/h11H,3H2,1-2H3. The third-order valence-corrected chi connectivity index (χ3v) is 1.77. The van der Waals surface area contributed by atoms with Crippen molar-refractivity contribution < 1.29 is 13.2 Å². The van der Waals surface area contributed by atoms with Crippen molar-refractivity contribution in [2.75, 3.05) is 0 Å². The minimum Gasteiger partial charge on any atom is -0.299 e. The minimum atomic E-state index is -4.37. The summed E-state index contributed by atoms with van der Waals surface area (Å²) in [6.45, 7) is 1.78. The fourth-order valence-electron chi connectivity index (χ4n) is 0.991. The van der Waals surface area contributed by atoms with Crippen LogP contribution in [-0.2, 0) is 6.54 Å². The Morgan fingerprint density at radius 3 is 2.23 bits per heavy atom. The molecule has 1 N–H and O–H groups in total. The van der Waals surface area contributed by atoms with Gasteiger partial charge in [0.05, 0.1) is 0 Å².